The Labute approximate surface area is 226 Å². The number of aromatic nitrogens is 2. The highest BCUT2D eigenvalue weighted by Crippen LogP contribution is 2.42. The van der Waals surface area contributed by atoms with Crippen molar-refractivity contribution in [1.29, 1.82) is 0 Å². The first-order valence-corrected chi connectivity index (χ1v) is 13.5. The number of carbonyl (C=O) groups is 1. The third kappa shape index (κ3) is 5.28. The van der Waals surface area contributed by atoms with E-state index in [0.717, 1.165) is 21.6 Å². The summed E-state index contributed by atoms with van der Waals surface area (Å²) in [5.74, 6) is 0. The van der Waals surface area contributed by atoms with Crippen molar-refractivity contribution in [3.63, 3.8) is 0 Å². The maximum absolute atomic E-state index is 13.3. The fourth-order valence-corrected chi connectivity index (χ4v) is 6.00. The highest BCUT2D eigenvalue weighted by Gasteiger charge is 2.46. The maximum atomic E-state index is 13.3. The van der Waals surface area contributed by atoms with Crippen LogP contribution in [0.1, 0.15) is 50.8 Å². The van der Waals surface area contributed by atoms with Gasteiger partial charge in [0, 0.05) is 37.8 Å². The summed E-state index contributed by atoms with van der Waals surface area (Å²) in [6.07, 6.45) is 3.99. The largest absolute Gasteiger partial charge is 0.438 e. The molecule has 1 amide bonds. The van der Waals surface area contributed by atoms with Gasteiger partial charge in [0.1, 0.15) is 5.60 Å². The number of rotatable bonds is 7. The first-order chi connectivity index (χ1) is 18.2. The molecular formula is C30H31N3O4S. The zero-order valence-electron chi connectivity index (χ0n) is 21.7. The average molecular weight is 530 g/mol. The number of thiazole rings is 1. The van der Waals surface area contributed by atoms with Gasteiger partial charge in [-0.3, -0.25) is 9.36 Å². The Morgan fingerprint density at radius 2 is 1.76 bits per heavy atom. The van der Waals surface area contributed by atoms with Crippen molar-refractivity contribution < 1.29 is 14.6 Å². The quantitative estimate of drug-likeness (QED) is 0.321. The van der Waals surface area contributed by atoms with Gasteiger partial charge in [-0.15, -0.1) is 0 Å². The summed E-state index contributed by atoms with van der Waals surface area (Å²) < 4.78 is 7.66. The minimum atomic E-state index is -0.996. The Balaban J connectivity index is 1.32. The molecule has 8 heteroatoms. The van der Waals surface area contributed by atoms with Gasteiger partial charge in [0.25, 0.3) is 5.56 Å². The molecule has 38 heavy (non-hydrogen) atoms. The summed E-state index contributed by atoms with van der Waals surface area (Å²) in [7, 11) is 0. The number of benzene rings is 2. The molecule has 2 atom stereocenters. The van der Waals surface area contributed by atoms with Gasteiger partial charge in [-0.1, -0.05) is 72.0 Å². The molecular weight excluding hydrogens is 498 g/mol. The number of cyclic esters (lactones) is 1. The topological polar surface area (TPSA) is 84.7 Å². The van der Waals surface area contributed by atoms with E-state index in [1.807, 2.05) is 61.5 Å². The van der Waals surface area contributed by atoms with Crippen molar-refractivity contribution in [1.82, 2.24) is 14.5 Å². The van der Waals surface area contributed by atoms with Crippen molar-refractivity contribution in [2.24, 2.45) is 0 Å². The fraction of sp³-hybridized carbons (Fsp3) is 0.300. The van der Waals surface area contributed by atoms with Crippen LogP contribution in [-0.4, -0.2) is 37.8 Å². The molecule has 0 bridgehead atoms. The van der Waals surface area contributed by atoms with E-state index in [-0.39, 0.29) is 17.7 Å². The number of hydrogen-bond donors (Lipinski definition) is 1. The second-order valence-corrected chi connectivity index (χ2v) is 11.4. The summed E-state index contributed by atoms with van der Waals surface area (Å²) in [6, 6.07) is 22.6. The normalized spacial score (nSPS) is 18.7. The Bertz CT molecular complexity index is 1470. The molecule has 0 saturated carbocycles. The number of pyridine rings is 1. The van der Waals surface area contributed by atoms with Crippen molar-refractivity contribution in [2.45, 2.75) is 50.9 Å². The van der Waals surface area contributed by atoms with Gasteiger partial charge in [0.2, 0.25) is 0 Å². The van der Waals surface area contributed by atoms with Crippen molar-refractivity contribution >= 4 is 17.4 Å². The van der Waals surface area contributed by atoms with Crippen LogP contribution in [0.4, 0.5) is 4.79 Å². The number of hydrogen-bond acceptors (Lipinski definition) is 6. The van der Waals surface area contributed by atoms with Gasteiger partial charge in [0.15, 0.2) is 5.13 Å². The van der Waals surface area contributed by atoms with Gasteiger partial charge in [0.05, 0.1) is 16.5 Å². The van der Waals surface area contributed by atoms with Crippen LogP contribution in [0.2, 0.25) is 0 Å². The van der Waals surface area contributed by atoms with Crippen LogP contribution in [-0.2, 0) is 10.3 Å². The smallest absolute Gasteiger partial charge is 0.411 e. The summed E-state index contributed by atoms with van der Waals surface area (Å²) in [4.78, 5) is 32.6. The van der Waals surface area contributed by atoms with Crippen LogP contribution in [0, 0.1) is 0 Å². The summed E-state index contributed by atoms with van der Waals surface area (Å²) >= 11 is 1.44. The van der Waals surface area contributed by atoms with E-state index >= 15 is 0 Å². The van der Waals surface area contributed by atoms with E-state index in [4.69, 9.17) is 4.74 Å². The van der Waals surface area contributed by atoms with Gasteiger partial charge >= 0.3 is 6.09 Å². The molecule has 196 valence electrons. The summed E-state index contributed by atoms with van der Waals surface area (Å²) in [5.41, 5.74) is 0.887. The second-order valence-electron chi connectivity index (χ2n) is 10.4. The standard InChI is InChI=1S/C30H31N3O4S/c1-21(32-18-16-30(37-28(32)35,20-29(2,3)36)24-9-5-4-6-10-24)22-12-14-23(15-13-22)25-19-31-27(38-25)33-17-8-7-11-26(33)34/h4-15,17,19,21,36H,16,18,20H2,1-3H3/t21-,30?/m0/s1. The third-order valence-corrected chi connectivity index (χ3v) is 8.00. The predicted octanol–water partition coefficient (Wildman–Crippen LogP) is 5.92. The van der Waals surface area contributed by atoms with E-state index in [0.29, 0.717) is 24.5 Å². The summed E-state index contributed by atoms with van der Waals surface area (Å²) in [6.45, 7) is 5.99. The number of amides is 1. The maximum Gasteiger partial charge on any atom is 0.411 e. The number of ether oxygens (including phenoxy) is 1. The lowest BCUT2D eigenvalue weighted by molar-refractivity contribution is -0.101. The average Bonchev–Trinajstić information content (AvgIpc) is 3.38. The van der Waals surface area contributed by atoms with Gasteiger partial charge < -0.3 is 14.7 Å². The molecule has 1 fully saturated rings. The molecule has 7 nitrogen and oxygen atoms in total. The van der Waals surface area contributed by atoms with Crippen LogP contribution < -0.4 is 5.56 Å². The molecule has 1 aliphatic rings. The molecule has 4 aromatic rings. The minimum Gasteiger partial charge on any atom is -0.438 e. The van der Waals surface area contributed by atoms with Gasteiger partial charge in [-0.2, -0.15) is 0 Å². The second kappa shape index (κ2) is 10.2. The lowest BCUT2D eigenvalue weighted by Crippen LogP contribution is -2.51. The van der Waals surface area contributed by atoms with E-state index in [1.54, 1.807) is 43.3 Å². The number of carbonyl (C=O) groups excluding carboxylic acids is 1. The van der Waals surface area contributed by atoms with Crippen molar-refractivity contribution in [3.05, 3.63) is 107 Å². The van der Waals surface area contributed by atoms with E-state index in [2.05, 4.69) is 4.98 Å². The highest BCUT2D eigenvalue weighted by atomic mass is 32.1. The Kier molecular flexibility index (Phi) is 6.94. The fourth-order valence-electron chi connectivity index (χ4n) is 5.09. The Morgan fingerprint density at radius 3 is 2.42 bits per heavy atom. The SMILES string of the molecule is C[C@@H](c1ccc(-c2cnc(-n3ccccc3=O)s2)cc1)N1CCC(CC(C)(C)O)(c2ccccc2)OC1=O. The van der Waals surface area contributed by atoms with E-state index in [1.165, 1.54) is 22.0 Å². The molecule has 1 aliphatic heterocycles. The summed E-state index contributed by atoms with van der Waals surface area (Å²) in [5, 5.41) is 11.2. The molecule has 0 aliphatic carbocycles. The van der Waals surface area contributed by atoms with E-state index in [9.17, 15) is 14.7 Å². The lowest BCUT2D eigenvalue weighted by Gasteiger charge is -2.45. The van der Waals surface area contributed by atoms with Crippen molar-refractivity contribution in [2.75, 3.05) is 6.54 Å². The zero-order valence-corrected chi connectivity index (χ0v) is 22.5. The Morgan fingerprint density at radius 1 is 1.05 bits per heavy atom. The van der Waals surface area contributed by atoms with E-state index < -0.39 is 11.2 Å². The van der Waals surface area contributed by atoms with Crippen molar-refractivity contribution in [3.8, 4) is 15.6 Å². The third-order valence-electron chi connectivity index (χ3n) is 6.96. The molecule has 2 aromatic heterocycles. The first kappa shape index (κ1) is 25.9. The highest BCUT2D eigenvalue weighted by molar-refractivity contribution is 7.17. The molecule has 5 rings (SSSR count). The molecule has 1 N–H and O–H groups in total. The van der Waals surface area contributed by atoms with Crippen LogP contribution in [0.15, 0.2) is 90.0 Å². The van der Waals surface area contributed by atoms with Crippen LogP contribution in [0.5, 0.6) is 0 Å². The molecule has 1 saturated heterocycles. The van der Waals surface area contributed by atoms with Gasteiger partial charge in [-0.05, 0) is 43.5 Å². The van der Waals surface area contributed by atoms with Crippen LogP contribution >= 0.6 is 11.3 Å². The van der Waals surface area contributed by atoms with Crippen LogP contribution in [0.3, 0.4) is 0 Å². The molecule has 0 radical (unpaired) electrons. The zero-order chi connectivity index (χ0) is 26.9. The minimum absolute atomic E-state index is 0.121. The van der Waals surface area contributed by atoms with Gasteiger partial charge in [-0.25, -0.2) is 9.78 Å². The first-order valence-electron chi connectivity index (χ1n) is 12.7. The molecule has 0 spiro atoms. The molecule has 1 unspecified atom stereocenters. The van der Waals surface area contributed by atoms with Crippen LogP contribution in [0.25, 0.3) is 15.6 Å². The molecule has 2 aromatic carbocycles. The monoisotopic (exact) mass is 529 g/mol. The molecule has 3 heterocycles. The predicted molar refractivity (Wildman–Crippen MR) is 148 cm³/mol. The lowest BCUT2D eigenvalue weighted by atomic mass is 9.80. The number of nitrogens with zero attached hydrogens (tertiary/aromatic N) is 3. The number of aliphatic hydroxyl groups is 1. The Hall–Kier alpha value is -3.75.